The number of primary amides is 1. The number of benzene rings is 2. The molecule has 0 unspecified atom stereocenters. The third-order valence-electron chi connectivity index (χ3n) is 4.07. The number of para-hydroxylation sites is 1. The van der Waals surface area contributed by atoms with E-state index >= 15 is 0 Å². The molecule has 3 aromatic rings. The van der Waals surface area contributed by atoms with E-state index in [-0.39, 0.29) is 12.5 Å². The number of hydrogen-bond donors (Lipinski definition) is 2. The number of carbonyl (C=O) groups excluding carboxylic acids is 2. The number of nitrogens with zero attached hydrogens (tertiary/aromatic N) is 4. The molecule has 0 aliphatic carbocycles. The van der Waals surface area contributed by atoms with Gasteiger partial charge in [0.1, 0.15) is 12.3 Å². The maximum absolute atomic E-state index is 12.1. The summed E-state index contributed by atoms with van der Waals surface area (Å²) in [7, 11) is 1.62. The highest BCUT2D eigenvalue weighted by Crippen LogP contribution is 2.17. The number of nitrogens with one attached hydrogen (secondary N) is 1. The van der Waals surface area contributed by atoms with Crippen molar-refractivity contribution in [3.63, 3.8) is 0 Å². The quantitative estimate of drug-likeness (QED) is 0.596. The summed E-state index contributed by atoms with van der Waals surface area (Å²) in [4.78, 5) is 24.4. The molecule has 2 amide bonds. The first-order valence-corrected chi connectivity index (χ1v) is 8.63. The second-order valence-electron chi connectivity index (χ2n) is 6.00. The molecule has 9 nitrogen and oxygen atoms in total. The van der Waals surface area contributed by atoms with E-state index in [0.29, 0.717) is 29.9 Å². The molecule has 2 aromatic carbocycles. The number of tetrazole rings is 1. The Labute approximate surface area is 161 Å². The average Bonchev–Trinajstić information content (AvgIpc) is 3.16. The lowest BCUT2D eigenvalue weighted by molar-refractivity contribution is -0.122. The Bertz CT molecular complexity index is 968. The minimum atomic E-state index is -0.507. The highest BCUT2D eigenvalue weighted by Gasteiger charge is 2.10. The van der Waals surface area contributed by atoms with Gasteiger partial charge in [0, 0.05) is 17.7 Å². The first-order chi connectivity index (χ1) is 13.6. The third kappa shape index (κ3) is 4.70. The van der Waals surface area contributed by atoms with Crippen molar-refractivity contribution in [2.24, 2.45) is 5.73 Å². The highest BCUT2D eigenvalue weighted by atomic mass is 16.5. The van der Waals surface area contributed by atoms with Gasteiger partial charge in [-0.3, -0.25) is 9.59 Å². The molecule has 3 N–H and O–H groups in total. The first kappa shape index (κ1) is 19.0. The van der Waals surface area contributed by atoms with Gasteiger partial charge in [-0.15, -0.1) is 10.2 Å². The minimum absolute atomic E-state index is 0.0434. The molecule has 3 rings (SSSR count). The predicted octanol–water partition coefficient (Wildman–Crippen LogP) is 0.806. The molecule has 0 fully saturated rings. The number of amides is 2. The van der Waals surface area contributed by atoms with Crippen molar-refractivity contribution in [2.45, 2.75) is 13.0 Å². The monoisotopic (exact) mass is 380 g/mol. The van der Waals surface area contributed by atoms with Crippen LogP contribution in [0.2, 0.25) is 0 Å². The predicted molar refractivity (Wildman–Crippen MR) is 101 cm³/mol. The van der Waals surface area contributed by atoms with Gasteiger partial charge < -0.3 is 15.8 Å². The maximum atomic E-state index is 12.1. The second kappa shape index (κ2) is 8.76. The van der Waals surface area contributed by atoms with Gasteiger partial charge in [0.15, 0.2) is 0 Å². The van der Waals surface area contributed by atoms with Gasteiger partial charge in [0.25, 0.3) is 0 Å². The average molecular weight is 380 g/mol. The summed E-state index contributed by atoms with van der Waals surface area (Å²) in [6.45, 7) is 0.424. The van der Waals surface area contributed by atoms with E-state index in [1.54, 1.807) is 31.4 Å². The largest absolute Gasteiger partial charge is 0.496 e. The lowest BCUT2D eigenvalue weighted by Crippen LogP contribution is -2.30. The fraction of sp³-hybridized carbons (Fsp3) is 0.211. The van der Waals surface area contributed by atoms with Crippen LogP contribution in [0.4, 0.5) is 0 Å². The summed E-state index contributed by atoms with van der Waals surface area (Å²) < 4.78 is 5.29. The van der Waals surface area contributed by atoms with Gasteiger partial charge >= 0.3 is 0 Å². The Kier molecular flexibility index (Phi) is 5.95. The normalized spacial score (nSPS) is 10.5. The molecular weight excluding hydrogens is 360 g/mol. The molecule has 1 aromatic heterocycles. The molecule has 0 bridgehead atoms. The van der Waals surface area contributed by atoms with Crippen LogP contribution in [0.5, 0.6) is 5.75 Å². The van der Waals surface area contributed by atoms with Gasteiger partial charge in [-0.05, 0) is 35.4 Å². The Balaban J connectivity index is 1.53. The van der Waals surface area contributed by atoms with Crippen molar-refractivity contribution < 1.29 is 14.3 Å². The van der Waals surface area contributed by atoms with Crippen LogP contribution in [0, 0.1) is 0 Å². The van der Waals surface area contributed by atoms with Crippen LogP contribution < -0.4 is 15.8 Å². The Hall–Kier alpha value is -3.75. The van der Waals surface area contributed by atoms with Crippen molar-refractivity contribution in [1.29, 1.82) is 0 Å². The van der Waals surface area contributed by atoms with Crippen molar-refractivity contribution in [3.8, 4) is 17.1 Å². The van der Waals surface area contributed by atoms with Crippen LogP contribution in [0.25, 0.3) is 11.4 Å². The smallest absolute Gasteiger partial charge is 0.248 e. The van der Waals surface area contributed by atoms with Crippen LogP contribution in [-0.4, -0.2) is 45.7 Å². The molecule has 0 saturated carbocycles. The molecule has 9 heteroatoms. The summed E-state index contributed by atoms with van der Waals surface area (Å²) in [5.41, 5.74) is 7.30. The van der Waals surface area contributed by atoms with Crippen LogP contribution in [0.1, 0.15) is 15.9 Å². The van der Waals surface area contributed by atoms with E-state index in [9.17, 15) is 9.59 Å². The summed E-state index contributed by atoms with van der Waals surface area (Å²) in [6.07, 6.45) is 0.651. The van der Waals surface area contributed by atoms with E-state index in [2.05, 4.69) is 20.7 Å². The summed E-state index contributed by atoms with van der Waals surface area (Å²) in [6, 6.07) is 14.2. The molecular formula is C19H20N6O3. The van der Waals surface area contributed by atoms with Crippen LogP contribution in [0.3, 0.4) is 0 Å². The molecule has 0 aliphatic rings. The molecule has 0 atom stereocenters. The molecule has 144 valence electrons. The Morgan fingerprint density at radius 1 is 1.14 bits per heavy atom. The van der Waals surface area contributed by atoms with Crippen molar-refractivity contribution in [3.05, 3.63) is 59.7 Å². The maximum Gasteiger partial charge on any atom is 0.248 e. The molecule has 0 spiro atoms. The third-order valence-corrected chi connectivity index (χ3v) is 4.07. The van der Waals surface area contributed by atoms with E-state index in [0.717, 1.165) is 11.3 Å². The molecule has 1 heterocycles. The zero-order valence-electron chi connectivity index (χ0n) is 15.3. The number of nitrogens with two attached hydrogens (primary N) is 1. The van der Waals surface area contributed by atoms with E-state index in [4.69, 9.17) is 10.5 Å². The number of rotatable bonds is 8. The number of carbonyl (C=O) groups is 2. The van der Waals surface area contributed by atoms with E-state index < -0.39 is 5.91 Å². The standard InChI is InChI=1S/C19H20N6O3/c1-28-16-5-3-2-4-13(16)10-11-21-17(26)12-25-23-19(22-24-25)15-8-6-14(7-9-15)18(20)27/h2-9H,10-12H2,1H3,(H2,20,27)(H,21,26). The van der Waals surface area contributed by atoms with Gasteiger partial charge in [-0.1, -0.05) is 30.3 Å². The van der Waals surface area contributed by atoms with Crippen LogP contribution in [-0.2, 0) is 17.8 Å². The zero-order valence-corrected chi connectivity index (χ0v) is 15.3. The van der Waals surface area contributed by atoms with E-state index in [1.807, 2.05) is 24.3 Å². The van der Waals surface area contributed by atoms with Crippen molar-refractivity contribution in [1.82, 2.24) is 25.5 Å². The number of ether oxygens (including phenoxy) is 1. The van der Waals surface area contributed by atoms with E-state index in [1.165, 1.54) is 4.80 Å². The molecule has 0 aliphatic heterocycles. The number of aromatic nitrogens is 4. The lowest BCUT2D eigenvalue weighted by Gasteiger charge is -2.08. The van der Waals surface area contributed by atoms with Gasteiger partial charge in [0.2, 0.25) is 17.6 Å². The van der Waals surface area contributed by atoms with Gasteiger partial charge in [0.05, 0.1) is 7.11 Å². The van der Waals surface area contributed by atoms with Crippen LogP contribution >= 0.6 is 0 Å². The lowest BCUT2D eigenvalue weighted by atomic mass is 10.1. The zero-order chi connectivity index (χ0) is 19.9. The summed E-state index contributed by atoms with van der Waals surface area (Å²) in [5.74, 6) is 0.426. The Morgan fingerprint density at radius 2 is 1.89 bits per heavy atom. The fourth-order valence-electron chi connectivity index (χ4n) is 2.64. The molecule has 28 heavy (non-hydrogen) atoms. The SMILES string of the molecule is COc1ccccc1CCNC(=O)Cn1nnc(-c2ccc(C(N)=O)cc2)n1. The summed E-state index contributed by atoms with van der Waals surface area (Å²) in [5, 5.41) is 14.8. The second-order valence-corrected chi connectivity index (χ2v) is 6.00. The van der Waals surface area contributed by atoms with Crippen molar-refractivity contribution in [2.75, 3.05) is 13.7 Å². The van der Waals surface area contributed by atoms with Crippen LogP contribution in [0.15, 0.2) is 48.5 Å². The number of methoxy groups -OCH3 is 1. The molecule has 0 saturated heterocycles. The van der Waals surface area contributed by atoms with Crippen molar-refractivity contribution >= 4 is 11.8 Å². The molecule has 0 radical (unpaired) electrons. The summed E-state index contributed by atoms with van der Waals surface area (Å²) >= 11 is 0. The van der Waals surface area contributed by atoms with Gasteiger partial charge in [-0.25, -0.2) is 0 Å². The van der Waals surface area contributed by atoms with Gasteiger partial charge in [-0.2, -0.15) is 4.80 Å². The first-order valence-electron chi connectivity index (χ1n) is 8.63. The highest BCUT2D eigenvalue weighted by molar-refractivity contribution is 5.93. The Morgan fingerprint density at radius 3 is 2.61 bits per heavy atom. The fourth-order valence-corrected chi connectivity index (χ4v) is 2.64. The minimum Gasteiger partial charge on any atom is -0.496 e. The topological polar surface area (TPSA) is 125 Å². The number of hydrogen-bond acceptors (Lipinski definition) is 6.